The zero-order valence-electron chi connectivity index (χ0n) is 7.37. The molecule has 1 aromatic rings. The molecule has 0 saturated heterocycles. The molecule has 1 aromatic heterocycles. The molecule has 0 aliphatic heterocycles. The van der Waals surface area contributed by atoms with Crippen LogP contribution in [0, 0.1) is 0 Å². The number of hydrazine groups is 1. The lowest BCUT2D eigenvalue weighted by atomic mass is 10.1. The molecule has 0 aromatic carbocycles. The summed E-state index contributed by atoms with van der Waals surface area (Å²) in [6.45, 7) is 3.66. The maximum atomic E-state index is 5.40. The topological polar surface area (TPSA) is 68.8 Å². The monoisotopic (exact) mass is 245 g/mol. The van der Waals surface area contributed by atoms with Crippen molar-refractivity contribution in [2.75, 3.05) is 0 Å². The first-order valence-corrected chi connectivity index (χ1v) is 4.62. The van der Waals surface area contributed by atoms with E-state index in [2.05, 4.69) is 38.2 Å². The minimum absolute atomic E-state index is 0.00752. The van der Waals surface area contributed by atoms with Crippen LogP contribution in [-0.4, -0.2) is 15.0 Å². The molecule has 0 aliphatic rings. The van der Waals surface area contributed by atoms with E-state index in [9.17, 15) is 0 Å². The van der Waals surface area contributed by atoms with Crippen molar-refractivity contribution in [3.05, 3.63) is 23.0 Å². The van der Waals surface area contributed by atoms with Crippen molar-refractivity contribution in [1.29, 1.82) is 0 Å². The van der Waals surface area contributed by atoms with Gasteiger partial charge >= 0.3 is 0 Å². The summed E-state index contributed by atoms with van der Waals surface area (Å²) in [6, 6.07) is -0.00752. The van der Waals surface area contributed by atoms with Crippen molar-refractivity contribution < 1.29 is 0 Å². The van der Waals surface area contributed by atoms with Gasteiger partial charge in [-0.05, 0) is 22.4 Å². The second-order valence-corrected chi connectivity index (χ2v) is 3.38. The summed E-state index contributed by atoms with van der Waals surface area (Å²) in [5, 5.41) is 7.72. The summed E-state index contributed by atoms with van der Waals surface area (Å²) in [7, 11) is 1.82. The Balaban J connectivity index is 2.95. The summed E-state index contributed by atoms with van der Waals surface area (Å²) in [5.74, 6) is 5.40. The number of nitrogens with one attached hydrogen (secondary N) is 1. The van der Waals surface area contributed by atoms with Gasteiger partial charge in [-0.2, -0.15) is 0 Å². The van der Waals surface area contributed by atoms with Gasteiger partial charge in [0.05, 0.1) is 11.7 Å². The Morgan fingerprint density at radius 3 is 2.92 bits per heavy atom. The van der Waals surface area contributed by atoms with Gasteiger partial charge in [-0.3, -0.25) is 11.3 Å². The largest absolute Gasteiger partial charge is 0.271 e. The zero-order valence-corrected chi connectivity index (χ0v) is 8.95. The van der Waals surface area contributed by atoms with E-state index in [4.69, 9.17) is 5.84 Å². The van der Waals surface area contributed by atoms with Gasteiger partial charge in [-0.15, -0.1) is 11.7 Å². The van der Waals surface area contributed by atoms with Crippen LogP contribution in [0.4, 0.5) is 0 Å². The van der Waals surface area contributed by atoms with Crippen LogP contribution in [-0.2, 0) is 7.05 Å². The van der Waals surface area contributed by atoms with Gasteiger partial charge in [-0.25, -0.2) is 4.68 Å². The van der Waals surface area contributed by atoms with E-state index in [-0.39, 0.29) is 6.04 Å². The van der Waals surface area contributed by atoms with Crippen molar-refractivity contribution in [2.24, 2.45) is 12.9 Å². The minimum atomic E-state index is -0.00752. The van der Waals surface area contributed by atoms with Gasteiger partial charge in [0.2, 0.25) is 0 Å². The van der Waals surface area contributed by atoms with E-state index >= 15 is 0 Å². The summed E-state index contributed by atoms with van der Waals surface area (Å²) in [4.78, 5) is 0. The third-order valence-electron chi connectivity index (χ3n) is 1.76. The maximum absolute atomic E-state index is 5.40. The standard InChI is InChI=1S/C7H12BrN5/c1-3-4-5(10-9)6-7(8)11-12-13(6)2/h3,5,10H,1,4,9H2,2H3. The number of halogens is 1. The number of hydrogen-bond donors (Lipinski definition) is 2. The fourth-order valence-electron chi connectivity index (χ4n) is 1.13. The second-order valence-electron chi connectivity index (χ2n) is 2.63. The Hall–Kier alpha value is -0.720. The highest BCUT2D eigenvalue weighted by Crippen LogP contribution is 2.22. The molecule has 0 radical (unpaired) electrons. The van der Waals surface area contributed by atoms with Crippen LogP contribution < -0.4 is 11.3 Å². The molecule has 3 N–H and O–H groups in total. The average Bonchev–Trinajstić information content (AvgIpc) is 2.43. The normalized spacial score (nSPS) is 12.8. The van der Waals surface area contributed by atoms with Crippen LogP contribution >= 0.6 is 15.9 Å². The van der Waals surface area contributed by atoms with Gasteiger partial charge in [0.1, 0.15) is 0 Å². The summed E-state index contributed by atoms with van der Waals surface area (Å²) in [6.07, 6.45) is 2.53. The lowest BCUT2D eigenvalue weighted by Gasteiger charge is -2.13. The molecule has 0 spiro atoms. The predicted octanol–water partition coefficient (Wildman–Crippen LogP) is 0.658. The molecule has 72 valence electrons. The number of aromatic nitrogens is 3. The summed E-state index contributed by atoms with van der Waals surface area (Å²) in [5.41, 5.74) is 3.60. The molecule has 1 unspecified atom stereocenters. The van der Waals surface area contributed by atoms with E-state index in [0.717, 1.165) is 12.1 Å². The quantitative estimate of drug-likeness (QED) is 0.465. The van der Waals surface area contributed by atoms with E-state index < -0.39 is 0 Å². The SMILES string of the molecule is C=CCC(NN)c1c(Br)nnn1C. The first kappa shape index (κ1) is 10.4. The van der Waals surface area contributed by atoms with Gasteiger partial charge in [0.15, 0.2) is 4.60 Å². The number of aryl methyl sites for hydroxylation is 1. The smallest absolute Gasteiger partial charge is 0.153 e. The highest BCUT2D eigenvalue weighted by atomic mass is 79.9. The van der Waals surface area contributed by atoms with Crippen LogP contribution in [0.3, 0.4) is 0 Å². The first-order valence-electron chi connectivity index (χ1n) is 3.82. The second kappa shape index (κ2) is 4.50. The van der Waals surface area contributed by atoms with Gasteiger partial charge < -0.3 is 0 Å². The number of rotatable bonds is 4. The molecular weight excluding hydrogens is 234 g/mol. The number of hydrogen-bond acceptors (Lipinski definition) is 4. The number of nitrogens with zero attached hydrogens (tertiary/aromatic N) is 3. The lowest BCUT2D eigenvalue weighted by molar-refractivity contribution is 0.512. The maximum Gasteiger partial charge on any atom is 0.153 e. The van der Waals surface area contributed by atoms with Crippen LogP contribution in [0.5, 0.6) is 0 Å². The molecule has 0 bridgehead atoms. The van der Waals surface area contributed by atoms with E-state index in [0.29, 0.717) is 4.60 Å². The fourth-order valence-corrected chi connectivity index (χ4v) is 1.74. The third kappa shape index (κ3) is 2.15. The molecule has 6 heteroatoms. The molecule has 0 fully saturated rings. The van der Waals surface area contributed by atoms with Crippen LogP contribution in [0.15, 0.2) is 17.3 Å². The fraction of sp³-hybridized carbons (Fsp3) is 0.429. The average molecular weight is 246 g/mol. The molecule has 0 amide bonds. The molecule has 1 rings (SSSR count). The van der Waals surface area contributed by atoms with E-state index in [1.807, 2.05) is 7.05 Å². The molecule has 1 heterocycles. The number of nitrogens with two attached hydrogens (primary N) is 1. The third-order valence-corrected chi connectivity index (χ3v) is 2.33. The van der Waals surface area contributed by atoms with Crippen molar-refractivity contribution in [3.8, 4) is 0 Å². The Labute approximate surface area is 85.1 Å². The summed E-state index contributed by atoms with van der Waals surface area (Å²) < 4.78 is 2.39. The predicted molar refractivity (Wildman–Crippen MR) is 53.6 cm³/mol. The molecule has 5 nitrogen and oxygen atoms in total. The minimum Gasteiger partial charge on any atom is -0.271 e. The lowest BCUT2D eigenvalue weighted by Crippen LogP contribution is -2.29. The summed E-state index contributed by atoms with van der Waals surface area (Å²) >= 11 is 3.30. The van der Waals surface area contributed by atoms with Crippen molar-refractivity contribution in [2.45, 2.75) is 12.5 Å². The van der Waals surface area contributed by atoms with Crippen molar-refractivity contribution >= 4 is 15.9 Å². The highest BCUT2D eigenvalue weighted by Gasteiger charge is 2.17. The molecule has 1 atom stereocenters. The van der Waals surface area contributed by atoms with Crippen LogP contribution in [0.1, 0.15) is 18.2 Å². The molecular formula is C7H12BrN5. The molecule has 13 heavy (non-hydrogen) atoms. The Morgan fingerprint density at radius 2 is 2.54 bits per heavy atom. The Kier molecular flexibility index (Phi) is 3.58. The van der Waals surface area contributed by atoms with Gasteiger partial charge in [-0.1, -0.05) is 11.3 Å². The van der Waals surface area contributed by atoms with Crippen molar-refractivity contribution in [3.63, 3.8) is 0 Å². The van der Waals surface area contributed by atoms with Gasteiger partial charge in [0.25, 0.3) is 0 Å². The molecule has 0 saturated carbocycles. The van der Waals surface area contributed by atoms with E-state index in [1.54, 1.807) is 10.8 Å². The van der Waals surface area contributed by atoms with E-state index in [1.165, 1.54) is 0 Å². The van der Waals surface area contributed by atoms with Crippen LogP contribution in [0.2, 0.25) is 0 Å². The van der Waals surface area contributed by atoms with Gasteiger partial charge in [0, 0.05) is 7.05 Å². The van der Waals surface area contributed by atoms with Crippen molar-refractivity contribution in [1.82, 2.24) is 20.4 Å². The first-order chi connectivity index (χ1) is 6.20. The van der Waals surface area contributed by atoms with Crippen LogP contribution in [0.25, 0.3) is 0 Å². The Morgan fingerprint density at radius 1 is 1.85 bits per heavy atom. The highest BCUT2D eigenvalue weighted by molar-refractivity contribution is 9.10. The molecule has 0 aliphatic carbocycles. The Bertz CT molecular complexity index is 276. The zero-order chi connectivity index (χ0) is 9.84.